The van der Waals surface area contributed by atoms with Gasteiger partial charge in [0.1, 0.15) is 12.3 Å². The largest absolute Gasteiger partial charge is 0.247 e. The third-order valence-corrected chi connectivity index (χ3v) is 17.1. The quantitative estimate of drug-likeness (QED) is 0.212. The van der Waals surface area contributed by atoms with Crippen molar-refractivity contribution < 1.29 is 8.78 Å². The van der Waals surface area contributed by atoms with Crippen LogP contribution in [0.3, 0.4) is 0 Å². The third-order valence-electron chi connectivity index (χ3n) is 6.73. The Hall–Kier alpha value is -0.300. The smallest absolute Gasteiger partial charge is 0.111 e. The van der Waals surface area contributed by atoms with E-state index in [0.717, 1.165) is 28.3 Å². The van der Waals surface area contributed by atoms with Crippen LogP contribution in [0.4, 0.5) is 8.78 Å². The van der Waals surface area contributed by atoms with Crippen molar-refractivity contribution in [2.75, 3.05) is 23.0 Å². The van der Waals surface area contributed by atoms with E-state index in [9.17, 15) is 4.39 Å². The van der Waals surface area contributed by atoms with Crippen LogP contribution in [0.1, 0.15) is 44.9 Å². The molecule has 2 aromatic rings. The van der Waals surface area contributed by atoms with Gasteiger partial charge in [-0.3, -0.25) is 0 Å². The van der Waals surface area contributed by atoms with Gasteiger partial charge in [-0.05, 0) is 67.9 Å². The second-order valence-electron chi connectivity index (χ2n) is 9.08. The van der Waals surface area contributed by atoms with Crippen molar-refractivity contribution >= 4 is 43.4 Å². The van der Waals surface area contributed by atoms with Crippen molar-refractivity contribution in [3.05, 3.63) is 60.7 Å². The Balaban J connectivity index is 1.55. The molecule has 2 fully saturated rings. The number of alkyl halides is 2. The third kappa shape index (κ3) is 7.59. The average molecular weight is 527 g/mol. The first-order valence-electron chi connectivity index (χ1n) is 12.2. The molecule has 0 N–H and O–H groups in total. The van der Waals surface area contributed by atoms with Crippen LogP contribution < -0.4 is 0 Å². The minimum Gasteiger partial charge on any atom is -0.247 e. The minimum absolute atomic E-state index is 0.146. The van der Waals surface area contributed by atoms with Gasteiger partial charge in [0.25, 0.3) is 0 Å². The molecule has 2 aliphatic carbocycles. The van der Waals surface area contributed by atoms with E-state index in [4.69, 9.17) is 0 Å². The maximum absolute atomic E-state index is 15.5. The van der Waals surface area contributed by atoms with E-state index in [1.165, 1.54) is 35.5 Å². The van der Waals surface area contributed by atoms with Crippen LogP contribution in [0, 0.1) is 0 Å². The van der Waals surface area contributed by atoms with Crippen LogP contribution in [0.5, 0.6) is 0 Å². The lowest BCUT2D eigenvalue weighted by Crippen LogP contribution is -2.38. The molecule has 6 heteroatoms. The highest BCUT2D eigenvalue weighted by atomic mass is 33.2. The van der Waals surface area contributed by atoms with Crippen molar-refractivity contribution in [3.63, 3.8) is 0 Å². The topological polar surface area (TPSA) is 0 Å². The van der Waals surface area contributed by atoms with E-state index in [-0.39, 0.29) is 5.25 Å². The molecule has 0 bridgehead atoms. The molecule has 0 spiro atoms. The summed E-state index contributed by atoms with van der Waals surface area (Å²) in [7, 11) is 0.481. The lowest BCUT2D eigenvalue weighted by molar-refractivity contribution is 0.175. The Morgan fingerprint density at radius 1 is 0.758 bits per heavy atom. The molecule has 2 aromatic carbocycles. The molecular formula is C27H36F2S4. The first-order valence-corrected chi connectivity index (χ1v) is 17.6. The number of rotatable bonds is 11. The highest BCUT2D eigenvalue weighted by Gasteiger charge is 2.43. The normalized spacial score (nSPS) is 26.7. The van der Waals surface area contributed by atoms with Crippen LogP contribution >= 0.6 is 43.4 Å². The fourth-order valence-electron chi connectivity index (χ4n) is 4.93. The van der Waals surface area contributed by atoms with Crippen LogP contribution in [0.15, 0.2) is 70.5 Å². The molecule has 0 saturated heterocycles. The van der Waals surface area contributed by atoms with E-state index in [1.807, 2.05) is 34.7 Å². The number of thioether (sulfide) groups is 2. The van der Waals surface area contributed by atoms with Gasteiger partial charge in [-0.25, -0.2) is 8.78 Å². The Morgan fingerprint density at radius 2 is 1.39 bits per heavy atom. The first-order chi connectivity index (χ1) is 16.1. The van der Waals surface area contributed by atoms with Crippen LogP contribution in [0.2, 0.25) is 0 Å². The summed E-state index contributed by atoms with van der Waals surface area (Å²) in [6.45, 7) is 0. The minimum atomic E-state index is -1.44. The van der Waals surface area contributed by atoms with Gasteiger partial charge in [-0.2, -0.15) is 20.8 Å². The Kier molecular flexibility index (Phi) is 10.3. The fourth-order valence-corrected chi connectivity index (χ4v) is 16.7. The molecule has 0 heterocycles. The van der Waals surface area contributed by atoms with Gasteiger partial charge in [0.15, 0.2) is 0 Å². The predicted octanol–water partition coefficient (Wildman–Crippen LogP) is 9.20. The molecule has 4 rings (SSSR count). The van der Waals surface area contributed by atoms with E-state index in [1.54, 1.807) is 0 Å². The summed E-state index contributed by atoms with van der Waals surface area (Å²) in [6, 6.07) is 21.0. The molecule has 4 atom stereocenters. The second kappa shape index (κ2) is 13.1. The highest BCUT2D eigenvalue weighted by Crippen LogP contribution is 2.69. The summed E-state index contributed by atoms with van der Waals surface area (Å²) < 4.78 is 30.2. The van der Waals surface area contributed by atoms with Gasteiger partial charge in [0.05, 0.1) is 0 Å². The van der Waals surface area contributed by atoms with E-state index in [2.05, 4.69) is 60.3 Å². The zero-order valence-electron chi connectivity index (χ0n) is 19.3. The van der Waals surface area contributed by atoms with Crippen LogP contribution in [-0.2, 0) is 0 Å². The SMILES string of the molecule is FC1CCC(F)C(S(CCSc2ccccc2)(CCSC2CCCC2)Sc2ccccc2)C1. The molecule has 2 saturated carbocycles. The van der Waals surface area contributed by atoms with Gasteiger partial charge in [0.2, 0.25) is 0 Å². The summed E-state index contributed by atoms with van der Waals surface area (Å²) >= 11 is 3.97. The van der Waals surface area contributed by atoms with Gasteiger partial charge in [-0.1, -0.05) is 60.0 Å². The van der Waals surface area contributed by atoms with Gasteiger partial charge in [-0.15, -0.1) is 11.8 Å². The second-order valence-corrected chi connectivity index (χ2v) is 17.9. The average Bonchev–Trinajstić information content (AvgIpc) is 3.35. The van der Waals surface area contributed by atoms with E-state index in [0.29, 0.717) is 19.3 Å². The summed E-state index contributed by atoms with van der Waals surface area (Å²) in [5.41, 5.74) is 0. The standard InChI is InChI=1S/C27H36F2S4/c28-22-15-16-26(29)27(21-22)33(32-25-13-5-2-6-14-25,20-18-31-24-11-7-8-12-24)19-17-30-23-9-3-1-4-10-23/h1-6,9-10,13-14,22,24,26-27H,7-8,11-12,15-21H2. The molecule has 0 nitrogen and oxygen atoms in total. The van der Waals surface area contributed by atoms with Crippen molar-refractivity contribution in [2.24, 2.45) is 0 Å². The van der Waals surface area contributed by atoms with Crippen molar-refractivity contribution in [3.8, 4) is 0 Å². The fraction of sp³-hybridized carbons (Fsp3) is 0.556. The molecule has 0 radical (unpaired) electrons. The molecule has 182 valence electrons. The molecule has 4 unspecified atom stereocenters. The Labute approximate surface area is 212 Å². The van der Waals surface area contributed by atoms with Gasteiger partial charge >= 0.3 is 0 Å². The van der Waals surface area contributed by atoms with E-state index >= 15 is 4.39 Å². The summed E-state index contributed by atoms with van der Waals surface area (Å²) in [5.74, 6) is 4.06. The Bertz CT molecular complexity index is 815. The molecular weight excluding hydrogens is 491 g/mol. The molecule has 0 amide bonds. The summed E-state index contributed by atoms with van der Waals surface area (Å²) in [4.78, 5) is 2.48. The maximum atomic E-state index is 15.5. The molecule has 0 aromatic heterocycles. The first kappa shape index (κ1) is 25.8. The van der Waals surface area contributed by atoms with Crippen molar-refractivity contribution in [2.45, 2.75) is 77.6 Å². The van der Waals surface area contributed by atoms with Crippen LogP contribution in [0.25, 0.3) is 0 Å². The van der Waals surface area contributed by atoms with Crippen molar-refractivity contribution in [1.82, 2.24) is 0 Å². The van der Waals surface area contributed by atoms with E-state index < -0.39 is 21.4 Å². The monoisotopic (exact) mass is 526 g/mol. The number of benzene rings is 2. The predicted molar refractivity (Wildman–Crippen MR) is 149 cm³/mol. The lowest BCUT2D eigenvalue weighted by atomic mass is 9.97. The van der Waals surface area contributed by atoms with Crippen LogP contribution in [-0.4, -0.2) is 45.9 Å². The Morgan fingerprint density at radius 3 is 2.09 bits per heavy atom. The van der Waals surface area contributed by atoms with Crippen molar-refractivity contribution in [1.29, 1.82) is 0 Å². The zero-order chi connectivity index (χ0) is 22.9. The zero-order valence-corrected chi connectivity index (χ0v) is 22.5. The molecule has 2 aliphatic rings. The number of halogens is 2. The molecule has 33 heavy (non-hydrogen) atoms. The number of hydrogen-bond acceptors (Lipinski definition) is 3. The maximum Gasteiger partial charge on any atom is 0.111 e. The lowest BCUT2D eigenvalue weighted by Gasteiger charge is -2.49. The van der Waals surface area contributed by atoms with Gasteiger partial charge < -0.3 is 0 Å². The summed E-state index contributed by atoms with van der Waals surface area (Å²) in [6.07, 6.45) is 4.80. The van der Waals surface area contributed by atoms with Gasteiger partial charge in [0, 0.05) is 31.8 Å². The number of hydrogen-bond donors (Lipinski definition) is 0. The highest BCUT2D eigenvalue weighted by molar-refractivity contribution is 8.94. The molecule has 0 aliphatic heterocycles. The summed E-state index contributed by atoms with van der Waals surface area (Å²) in [5, 5.41) is 0.621.